The third-order valence-electron chi connectivity index (χ3n) is 3.04. The van der Waals surface area contributed by atoms with E-state index in [1.807, 2.05) is 0 Å². The van der Waals surface area contributed by atoms with Crippen LogP contribution in [0.2, 0.25) is 0 Å². The number of hydrogen-bond donors (Lipinski definition) is 1. The molecular formula is C11H18N2. The van der Waals surface area contributed by atoms with E-state index in [1.165, 1.54) is 32.5 Å². The molecule has 2 nitrogen and oxygen atoms in total. The van der Waals surface area contributed by atoms with Gasteiger partial charge in [0.2, 0.25) is 0 Å². The summed E-state index contributed by atoms with van der Waals surface area (Å²) in [7, 11) is 0. The highest BCUT2D eigenvalue weighted by molar-refractivity contribution is 4.92. The predicted molar refractivity (Wildman–Crippen MR) is 54.6 cm³/mol. The van der Waals surface area contributed by atoms with Crippen LogP contribution in [0.15, 0.2) is 24.5 Å². The zero-order valence-corrected chi connectivity index (χ0v) is 8.29. The van der Waals surface area contributed by atoms with Crippen LogP contribution in [0.25, 0.3) is 0 Å². The Morgan fingerprint density at radius 3 is 2.46 bits per heavy atom. The molecule has 0 atom stereocenters. The van der Waals surface area contributed by atoms with Gasteiger partial charge in [-0.05, 0) is 43.5 Å². The van der Waals surface area contributed by atoms with Gasteiger partial charge >= 0.3 is 0 Å². The molecule has 0 saturated carbocycles. The summed E-state index contributed by atoms with van der Waals surface area (Å²) in [6.45, 7) is 5.92. The van der Waals surface area contributed by atoms with Gasteiger partial charge in [-0.2, -0.15) is 0 Å². The number of nitrogens with one attached hydrogen (secondary N) is 1. The first-order valence-electron chi connectivity index (χ1n) is 5.10. The SMILES string of the molecule is CC1(Cn2cccc2)CCNCC1. The van der Waals surface area contributed by atoms with E-state index in [1.54, 1.807) is 0 Å². The maximum absolute atomic E-state index is 3.41. The fraction of sp³-hybridized carbons (Fsp3) is 0.636. The monoisotopic (exact) mass is 178 g/mol. The number of hydrogen-bond acceptors (Lipinski definition) is 1. The second-order valence-corrected chi connectivity index (χ2v) is 4.42. The van der Waals surface area contributed by atoms with Gasteiger partial charge in [0.15, 0.2) is 0 Å². The molecule has 1 aromatic rings. The van der Waals surface area contributed by atoms with Gasteiger partial charge in [-0.25, -0.2) is 0 Å². The number of rotatable bonds is 2. The Kier molecular flexibility index (Phi) is 2.40. The second kappa shape index (κ2) is 3.54. The van der Waals surface area contributed by atoms with Crippen molar-refractivity contribution < 1.29 is 0 Å². The maximum Gasteiger partial charge on any atom is 0.0274 e. The first-order valence-corrected chi connectivity index (χ1v) is 5.10. The summed E-state index contributed by atoms with van der Waals surface area (Å²) >= 11 is 0. The lowest BCUT2D eigenvalue weighted by atomic mass is 9.81. The summed E-state index contributed by atoms with van der Waals surface area (Å²) in [6.07, 6.45) is 6.91. The van der Waals surface area contributed by atoms with Crippen LogP contribution in [0.5, 0.6) is 0 Å². The summed E-state index contributed by atoms with van der Waals surface area (Å²) in [4.78, 5) is 0. The van der Waals surface area contributed by atoms with Crippen LogP contribution in [0.3, 0.4) is 0 Å². The number of aromatic nitrogens is 1. The van der Waals surface area contributed by atoms with E-state index >= 15 is 0 Å². The summed E-state index contributed by atoms with van der Waals surface area (Å²) < 4.78 is 2.30. The third-order valence-corrected chi connectivity index (χ3v) is 3.04. The van der Waals surface area contributed by atoms with Gasteiger partial charge < -0.3 is 9.88 Å². The van der Waals surface area contributed by atoms with E-state index in [2.05, 4.69) is 41.3 Å². The minimum atomic E-state index is 0.504. The average Bonchev–Trinajstić information content (AvgIpc) is 2.57. The normalized spacial score (nSPS) is 21.6. The molecule has 1 saturated heterocycles. The van der Waals surface area contributed by atoms with Crippen molar-refractivity contribution in [3.8, 4) is 0 Å². The van der Waals surface area contributed by atoms with Crippen molar-refractivity contribution in [2.24, 2.45) is 5.41 Å². The predicted octanol–water partition coefficient (Wildman–Crippen LogP) is 1.88. The van der Waals surface area contributed by atoms with Gasteiger partial charge in [-0.3, -0.25) is 0 Å². The molecule has 0 unspecified atom stereocenters. The molecule has 2 heteroatoms. The van der Waals surface area contributed by atoms with Crippen LogP contribution in [-0.4, -0.2) is 17.7 Å². The molecule has 1 aliphatic heterocycles. The van der Waals surface area contributed by atoms with Crippen molar-refractivity contribution in [1.29, 1.82) is 0 Å². The highest BCUT2D eigenvalue weighted by Crippen LogP contribution is 2.29. The van der Waals surface area contributed by atoms with E-state index < -0.39 is 0 Å². The lowest BCUT2D eigenvalue weighted by molar-refractivity contribution is 0.195. The molecule has 1 N–H and O–H groups in total. The fourth-order valence-corrected chi connectivity index (χ4v) is 2.10. The second-order valence-electron chi connectivity index (χ2n) is 4.42. The van der Waals surface area contributed by atoms with Crippen molar-refractivity contribution >= 4 is 0 Å². The van der Waals surface area contributed by atoms with Crippen molar-refractivity contribution in [2.75, 3.05) is 13.1 Å². The summed E-state index contributed by atoms with van der Waals surface area (Å²) in [6, 6.07) is 4.20. The van der Waals surface area contributed by atoms with Gasteiger partial charge in [0.25, 0.3) is 0 Å². The summed E-state index contributed by atoms with van der Waals surface area (Å²) in [5.74, 6) is 0. The molecule has 0 amide bonds. The first kappa shape index (κ1) is 8.82. The first-order chi connectivity index (χ1) is 6.29. The number of piperidine rings is 1. The van der Waals surface area contributed by atoms with Crippen molar-refractivity contribution in [2.45, 2.75) is 26.3 Å². The molecular weight excluding hydrogens is 160 g/mol. The van der Waals surface area contributed by atoms with E-state index in [0.29, 0.717) is 5.41 Å². The van der Waals surface area contributed by atoms with Crippen LogP contribution < -0.4 is 5.32 Å². The molecule has 0 radical (unpaired) electrons. The van der Waals surface area contributed by atoms with Gasteiger partial charge in [0, 0.05) is 18.9 Å². The van der Waals surface area contributed by atoms with E-state index in [0.717, 1.165) is 0 Å². The topological polar surface area (TPSA) is 17.0 Å². The Bertz CT molecular complexity index is 245. The van der Waals surface area contributed by atoms with Crippen LogP contribution in [0, 0.1) is 5.41 Å². The molecule has 13 heavy (non-hydrogen) atoms. The van der Waals surface area contributed by atoms with E-state index in [9.17, 15) is 0 Å². The van der Waals surface area contributed by atoms with Gasteiger partial charge in [-0.1, -0.05) is 6.92 Å². The minimum Gasteiger partial charge on any atom is -0.354 e. The molecule has 2 heterocycles. The smallest absolute Gasteiger partial charge is 0.0274 e. The van der Waals surface area contributed by atoms with Gasteiger partial charge in [0.05, 0.1) is 0 Å². The van der Waals surface area contributed by atoms with Crippen LogP contribution >= 0.6 is 0 Å². The fourth-order valence-electron chi connectivity index (χ4n) is 2.10. The lowest BCUT2D eigenvalue weighted by Crippen LogP contribution is -2.37. The zero-order valence-electron chi connectivity index (χ0n) is 8.29. The molecule has 72 valence electrons. The Morgan fingerprint density at radius 2 is 1.85 bits per heavy atom. The zero-order chi connectivity index (χ0) is 9.15. The Hall–Kier alpha value is -0.760. The van der Waals surface area contributed by atoms with Crippen LogP contribution in [0.1, 0.15) is 19.8 Å². The van der Waals surface area contributed by atoms with Crippen molar-refractivity contribution in [3.63, 3.8) is 0 Å². The molecule has 0 aliphatic carbocycles. The van der Waals surface area contributed by atoms with E-state index in [4.69, 9.17) is 0 Å². The summed E-state index contributed by atoms with van der Waals surface area (Å²) in [5.41, 5.74) is 0.504. The third kappa shape index (κ3) is 2.13. The molecule has 0 bridgehead atoms. The van der Waals surface area contributed by atoms with Crippen LogP contribution in [-0.2, 0) is 6.54 Å². The van der Waals surface area contributed by atoms with Gasteiger partial charge in [0.1, 0.15) is 0 Å². The highest BCUT2D eigenvalue weighted by atomic mass is 15.0. The molecule has 1 aliphatic rings. The van der Waals surface area contributed by atoms with Gasteiger partial charge in [-0.15, -0.1) is 0 Å². The Morgan fingerprint density at radius 1 is 1.23 bits per heavy atom. The average molecular weight is 178 g/mol. The minimum absolute atomic E-state index is 0.504. The highest BCUT2D eigenvalue weighted by Gasteiger charge is 2.26. The maximum atomic E-state index is 3.41. The Labute approximate surface area is 79.9 Å². The largest absolute Gasteiger partial charge is 0.354 e. The van der Waals surface area contributed by atoms with Crippen molar-refractivity contribution in [3.05, 3.63) is 24.5 Å². The molecule has 1 fully saturated rings. The Balaban J connectivity index is 1.99. The molecule has 1 aromatic heterocycles. The van der Waals surface area contributed by atoms with Crippen LogP contribution in [0.4, 0.5) is 0 Å². The molecule has 2 rings (SSSR count). The molecule has 0 aromatic carbocycles. The lowest BCUT2D eigenvalue weighted by Gasteiger charge is -2.34. The standard InChI is InChI=1S/C11H18N2/c1-11(4-6-12-7-5-11)10-13-8-2-3-9-13/h2-3,8-9,12H,4-7,10H2,1H3. The number of nitrogens with zero attached hydrogens (tertiary/aromatic N) is 1. The molecule has 0 spiro atoms. The quantitative estimate of drug-likeness (QED) is 0.731. The van der Waals surface area contributed by atoms with E-state index in [-0.39, 0.29) is 0 Å². The summed E-state index contributed by atoms with van der Waals surface area (Å²) in [5, 5.41) is 3.41. The van der Waals surface area contributed by atoms with Crippen molar-refractivity contribution in [1.82, 2.24) is 9.88 Å².